The summed E-state index contributed by atoms with van der Waals surface area (Å²) in [4.78, 5) is 5.93. The molecule has 6 nitrogen and oxygen atoms in total. The van der Waals surface area contributed by atoms with Crippen molar-refractivity contribution in [1.29, 1.82) is 0 Å². The number of imidazole rings is 1. The van der Waals surface area contributed by atoms with E-state index >= 15 is 0 Å². The largest absolute Gasteiger partial charge is 0.369 e. The summed E-state index contributed by atoms with van der Waals surface area (Å²) in [6.45, 7) is 1.38. The minimum atomic E-state index is 0.360. The molecule has 0 spiro atoms. The van der Waals surface area contributed by atoms with E-state index in [0.717, 1.165) is 38.7 Å². The number of benzene rings is 3. The quantitative estimate of drug-likeness (QED) is 0.269. The van der Waals surface area contributed by atoms with Crippen molar-refractivity contribution in [3.05, 3.63) is 107 Å². The van der Waals surface area contributed by atoms with Gasteiger partial charge in [-0.05, 0) is 29.8 Å². The Morgan fingerprint density at radius 3 is 2.65 bits per heavy atom. The van der Waals surface area contributed by atoms with Crippen LogP contribution in [0, 0.1) is 0 Å². The van der Waals surface area contributed by atoms with Gasteiger partial charge in [0.25, 0.3) is 0 Å². The summed E-state index contributed by atoms with van der Waals surface area (Å²) in [6.07, 6.45) is 1.91. The number of para-hydroxylation sites is 1. The summed E-state index contributed by atoms with van der Waals surface area (Å²) in [5, 5.41) is 9.21. The Balaban J connectivity index is 1.25. The van der Waals surface area contributed by atoms with Crippen molar-refractivity contribution >= 4 is 38.1 Å². The van der Waals surface area contributed by atoms with E-state index in [9.17, 15) is 0 Å². The van der Waals surface area contributed by atoms with Crippen LogP contribution >= 0.6 is 22.9 Å². The second-order valence-electron chi connectivity index (χ2n) is 7.99. The molecule has 168 valence electrons. The van der Waals surface area contributed by atoms with Crippen LogP contribution in [0.5, 0.6) is 0 Å². The van der Waals surface area contributed by atoms with Gasteiger partial charge in [0.2, 0.25) is 0 Å². The molecule has 0 saturated carbocycles. The number of hydrogen-bond donors (Lipinski definition) is 0. The SMILES string of the molecule is Clc1cccc(Cn2cc(COCc3c(-c4ccccc4)nc4sc5ccccc5n34)nn2)c1. The summed E-state index contributed by atoms with van der Waals surface area (Å²) in [5.74, 6) is 0. The molecule has 3 heterocycles. The number of rotatable bonds is 7. The van der Waals surface area contributed by atoms with Crippen LogP contribution in [0.1, 0.15) is 17.0 Å². The summed E-state index contributed by atoms with van der Waals surface area (Å²) in [5.41, 5.74) is 6.05. The minimum absolute atomic E-state index is 0.360. The maximum Gasteiger partial charge on any atom is 0.195 e. The number of ether oxygens (including phenoxy) is 1. The fourth-order valence-electron chi connectivity index (χ4n) is 4.09. The highest BCUT2D eigenvalue weighted by atomic mass is 35.5. The van der Waals surface area contributed by atoms with Gasteiger partial charge in [-0.25, -0.2) is 9.67 Å². The number of hydrogen-bond acceptors (Lipinski definition) is 5. The van der Waals surface area contributed by atoms with E-state index in [1.165, 1.54) is 4.70 Å². The highest BCUT2D eigenvalue weighted by molar-refractivity contribution is 7.23. The Kier molecular flexibility index (Phi) is 5.58. The highest BCUT2D eigenvalue weighted by Gasteiger charge is 2.18. The van der Waals surface area contributed by atoms with E-state index in [4.69, 9.17) is 21.3 Å². The Bertz CT molecular complexity index is 1590. The first-order valence-electron chi connectivity index (χ1n) is 10.9. The molecule has 0 aliphatic carbocycles. The van der Waals surface area contributed by atoms with Crippen LogP contribution in [0.25, 0.3) is 26.4 Å². The lowest BCUT2D eigenvalue weighted by Crippen LogP contribution is -2.00. The van der Waals surface area contributed by atoms with Gasteiger partial charge in [-0.2, -0.15) is 0 Å². The van der Waals surface area contributed by atoms with Crippen molar-refractivity contribution < 1.29 is 4.74 Å². The molecule has 8 heteroatoms. The van der Waals surface area contributed by atoms with Crippen LogP contribution in [0.15, 0.2) is 85.1 Å². The predicted octanol–water partition coefficient (Wildman–Crippen LogP) is 6.23. The van der Waals surface area contributed by atoms with E-state index < -0.39 is 0 Å². The van der Waals surface area contributed by atoms with Crippen molar-refractivity contribution in [1.82, 2.24) is 24.4 Å². The molecule has 0 amide bonds. The molecule has 6 rings (SSSR count). The maximum absolute atomic E-state index is 6.14. The molecule has 0 N–H and O–H groups in total. The topological polar surface area (TPSA) is 57.2 Å². The fraction of sp³-hybridized carbons (Fsp3) is 0.115. The zero-order valence-corrected chi connectivity index (χ0v) is 19.7. The second-order valence-corrected chi connectivity index (χ2v) is 9.44. The lowest BCUT2D eigenvalue weighted by molar-refractivity contribution is 0.102. The van der Waals surface area contributed by atoms with Crippen LogP contribution in [0.4, 0.5) is 0 Å². The summed E-state index contributed by atoms with van der Waals surface area (Å²) < 4.78 is 11.3. The number of halogens is 1. The third-order valence-corrected chi connectivity index (χ3v) is 6.86. The molecule has 0 bridgehead atoms. The molecule has 3 aromatic carbocycles. The zero-order valence-electron chi connectivity index (χ0n) is 18.1. The molecule has 0 aliphatic heterocycles. The van der Waals surface area contributed by atoms with Crippen molar-refractivity contribution in [3.8, 4) is 11.3 Å². The van der Waals surface area contributed by atoms with Crippen molar-refractivity contribution in [2.75, 3.05) is 0 Å². The zero-order chi connectivity index (χ0) is 22.9. The number of aromatic nitrogens is 5. The highest BCUT2D eigenvalue weighted by Crippen LogP contribution is 2.33. The van der Waals surface area contributed by atoms with E-state index in [1.807, 2.05) is 48.7 Å². The molecular formula is C26H20ClN5OS. The van der Waals surface area contributed by atoms with Crippen molar-refractivity contribution in [2.45, 2.75) is 19.8 Å². The Hall–Kier alpha value is -3.52. The number of thiazole rings is 1. The standard InChI is InChI=1S/C26H20ClN5OS/c27-20-10-6-7-18(13-20)14-31-15-21(29-30-31)16-33-17-23-25(19-8-2-1-3-9-19)28-26-32(23)22-11-4-5-12-24(22)34-26/h1-13,15H,14,16-17H2. The average Bonchev–Trinajstić information content (AvgIpc) is 3.54. The van der Waals surface area contributed by atoms with Gasteiger partial charge in [0.1, 0.15) is 5.69 Å². The van der Waals surface area contributed by atoms with Crippen LogP contribution in [-0.2, 0) is 24.5 Å². The average molecular weight is 486 g/mol. The summed E-state index contributed by atoms with van der Waals surface area (Å²) in [6, 6.07) is 26.3. The van der Waals surface area contributed by atoms with Gasteiger partial charge >= 0.3 is 0 Å². The van der Waals surface area contributed by atoms with Gasteiger partial charge in [0, 0.05) is 10.6 Å². The Morgan fingerprint density at radius 1 is 0.912 bits per heavy atom. The lowest BCUT2D eigenvalue weighted by atomic mass is 10.1. The molecule has 0 aliphatic rings. The molecular weight excluding hydrogens is 466 g/mol. The minimum Gasteiger partial charge on any atom is -0.369 e. The van der Waals surface area contributed by atoms with Crippen LogP contribution in [-0.4, -0.2) is 24.4 Å². The molecule has 34 heavy (non-hydrogen) atoms. The van der Waals surface area contributed by atoms with Crippen molar-refractivity contribution in [3.63, 3.8) is 0 Å². The predicted molar refractivity (Wildman–Crippen MR) is 135 cm³/mol. The van der Waals surface area contributed by atoms with Gasteiger partial charge in [0.05, 0.1) is 47.6 Å². The molecule has 3 aromatic heterocycles. The van der Waals surface area contributed by atoms with E-state index in [2.05, 4.69) is 51.1 Å². The van der Waals surface area contributed by atoms with E-state index in [-0.39, 0.29) is 0 Å². The molecule has 0 saturated heterocycles. The molecule has 6 aromatic rings. The third-order valence-electron chi connectivity index (χ3n) is 5.61. The van der Waals surface area contributed by atoms with Crippen LogP contribution in [0.2, 0.25) is 5.02 Å². The molecule has 0 fully saturated rings. The van der Waals surface area contributed by atoms with Crippen LogP contribution < -0.4 is 0 Å². The van der Waals surface area contributed by atoms with Gasteiger partial charge < -0.3 is 4.74 Å². The van der Waals surface area contributed by atoms with Gasteiger partial charge in [-0.3, -0.25) is 4.40 Å². The fourth-order valence-corrected chi connectivity index (χ4v) is 5.35. The molecule has 0 unspecified atom stereocenters. The van der Waals surface area contributed by atoms with Crippen LogP contribution in [0.3, 0.4) is 0 Å². The summed E-state index contributed by atoms with van der Waals surface area (Å²) >= 11 is 7.78. The first-order chi connectivity index (χ1) is 16.7. The smallest absolute Gasteiger partial charge is 0.195 e. The van der Waals surface area contributed by atoms with Gasteiger partial charge in [-0.15, -0.1) is 5.10 Å². The monoisotopic (exact) mass is 485 g/mol. The lowest BCUT2D eigenvalue weighted by Gasteiger charge is -2.06. The third kappa shape index (κ3) is 4.09. The van der Waals surface area contributed by atoms with Crippen molar-refractivity contribution in [2.24, 2.45) is 0 Å². The van der Waals surface area contributed by atoms with E-state index in [1.54, 1.807) is 16.0 Å². The molecule has 0 atom stereocenters. The number of nitrogens with zero attached hydrogens (tertiary/aromatic N) is 5. The normalized spacial score (nSPS) is 11.6. The first-order valence-corrected chi connectivity index (χ1v) is 12.1. The number of fused-ring (bicyclic) bond motifs is 3. The van der Waals surface area contributed by atoms with Gasteiger partial charge in [-0.1, -0.05) is 82.7 Å². The Labute approximate surface area is 205 Å². The van der Waals surface area contributed by atoms with E-state index in [0.29, 0.717) is 24.8 Å². The first kappa shape index (κ1) is 21.0. The Morgan fingerprint density at radius 2 is 1.76 bits per heavy atom. The summed E-state index contributed by atoms with van der Waals surface area (Å²) in [7, 11) is 0. The maximum atomic E-state index is 6.14. The molecule has 0 radical (unpaired) electrons. The van der Waals surface area contributed by atoms with Gasteiger partial charge in [0.15, 0.2) is 4.96 Å². The second kappa shape index (κ2) is 9.02.